The van der Waals surface area contributed by atoms with Gasteiger partial charge < -0.3 is 15.5 Å². The summed E-state index contributed by atoms with van der Waals surface area (Å²) in [6.07, 6.45) is 8.38. The zero-order chi connectivity index (χ0) is 14.7. The second-order valence-corrected chi connectivity index (χ2v) is 6.50. The Kier molecular flexibility index (Phi) is 4.99. The molecule has 2 aliphatic rings. The highest BCUT2D eigenvalue weighted by atomic mass is 35.5. The summed E-state index contributed by atoms with van der Waals surface area (Å²) in [5.41, 5.74) is 6.72. The molecule has 1 aromatic heterocycles. The van der Waals surface area contributed by atoms with E-state index in [-0.39, 0.29) is 0 Å². The lowest BCUT2D eigenvalue weighted by atomic mass is 10.00. The Hall–Kier alpha value is -0.840. The molecule has 0 amide bonds. The fraction of sp³-hybridized carbons (Fsp3) is 0.688. The minimum absolute atomic E-state index is 0.471. The maximum absolute atomic E-state index is 6.43. The average molecular weight is 309 g/mol. The van der Waals surface area contributed by atoms with Crippen LogP contribution in [0.4, 0.5) is 5.82 Å². The van der Waals surface area contributed by atoms with Crippen LogP contribution in [-0.2, 0) is 6.54 Å². The van der Waals surface area contributed by atoms with Crippen molar-refractivity contribution < 1.29 is 0 Å². The molecule has 3 rings (SSSR count). The number of hydrogen-bond acceptors (Lipinski definition) is 4. The third-order valence-corrected chi connectivity index (χ3v) is 5.25. The largest absolute Gasteiger partial charge is 0.355 e. The molecule has 116 valence electrons. The van der Waals surface area contributed by atoms with Gasteiger partial charge in [0.1, 0.15) is 5.82 Å². The van der Waals surface area contributed by atoms with E-state index in [1.54, 1.807) is 0 Å². The number of likely N-dealkylation sites (tertiary alicyclic amines) is 1. The molecular weight excluding hydrogens is 284 g/mol. The predicted octanol–water partition coefficient (Wildman–Crippen LogP) is 2.65. The Morgan fingerprint density at radius 1 is 1.14 bits per heavy atom. The van der Waals surface area contributed by atoms with Crippen LogP contribution in [0.1, 0.15) is 37.7 Å². The molecule has 0 aliphatic carbocycles. The van der Waals surface area contributed by atoms with Crippen molar-refractivity contribution in [3.8, 4) is 0 Å². The first kappa shape index (κ1) is 15.1. The molecule has 0 radical (unpaired) electrons. The topological polar surface area (TPSA) is 45.4 Å². The molecule has 2 fully saturated rings. The summed E-state index contributed by atoms with van der Waals surface area (Å²) < 4.78 is 0. The number of rotatable bonds is 3. The van der Waals surface area contributed by atoms with Crippen LogP contribution in [0.2, 0.25) is 5.02 Å². The first-order valence-electron chi connectivity index (χ1n) is 8.12. The second kappa shape index (κ2) is 6.95. The van der Waals surface area contributed by atoms with E-state index in [0.29, 0.717) is 6.54 Å². The molecule has 1 aromatic rings. The second-order valence-electron chi connectivity index (χ2n) is 6.13. The molecule has 2 N–H and O–H groups in total. The third-order valence-electron chi connectivity index (χ3n) is 4.84. The SMILES string of the molecule is NCc1ccnc(N2CCC(N3CCCCC3)CC2)c1Cl. The van der Waals surface area contributed by atoms with Crippen molar-refractivity contribution in [1.82, 2.24) is 9.88 Å². The molecule has 0 unspecified atom stereocenters. The van der Waals surface area contributed by atoms with Crippen molar-refractivity contribution in [1.29, 1.82) is 0 Å². The molecule has 2 aliphatic heterocycles. The van der Waals surface area contributed by atoms with Gasteiger partial charge in [0.15, 0.2) is 0 Å². The maximum Gasteiger partial charge on any atom is 0.147 e. The van der Waals surface area contributed by atoms with E-state index >= 15 is 0 Å². The molecule has 0 saturated carbocycles. The first-order chi connectivity index (χ1) is 10.3. The molecule has 3 heterocycles. The minimum Gasteiger partial charge on any atom is -0.355 e. The third kappa shape index (κ3) is 3.33. The number of nitrogens with zero attached hydrogens (tertiary/aromatic N) is 3. The fourth-order valence-electron chi connectivity index (χ4n) is 3.58. The minimum atomic E-state index is 0.471. The standard InChI is InChI=1S/C16H25ClN4/c17-15-13(12-18)4-7-19-16(15)21-10-5-14(6-11-21)20-8-2-1-3-9-20/h4,7,14H,1-3,5-6,8-12,18H2. The predicted molar refractivity (Wildman–Crippen MR) is 87.8 cm³/mol. The van der Waals surface area contributed by atoms with Gasteiger partial charge >= 0.3 is 0 Å². The lowest BCUT2D eigenvalue weighted by Gasteiger charge is -2.40. The molecular formula is C16H25ClN4. The van der Waals surface area contributed by atoms with Gasteiger partial charge in [-0.3, -0.25) is 0 Å². The summed E-state index contributed by atoms with van der Waals surface area (Å²) in [6, 6.07) is 2.66. The Labute approximate surface area is 132 Å². The summed E-state index contributed by atoms with van der Waals surface area (Å²) in [4.78, 5) is 9.48. The van der Waals surface area contributed by atoms with Gasteiger partial charge in [0.2, 0.25) is 0 Å². The van der Waals surface area contributed by atoms with Crippen molar-refractivity contribution in [2.45, 2.75) is 44.7 Å². The average Bonchev–Trinajstić information content (AvgIpc) is 2.56. The van der Waals surface area contributed by atoms with Gasteiger partial charge in [-0.25, -0.2) is 4.98 Å². The summed E-state index contributed by atoms with van der Waals surface area (Å²) in [5, 5.41) is 0.733. The number of anilines is 1. The van der Waals surface area contributed by atoms with Crippen LogP contribution < -0.4 is 10.6 Å². The molecule has 5 heteroatoms. The van der Waals surface area contributed by atoms with E-state index in [1.807, 2.05) is 12.3 Å². The van der Waals surface area contributed by atoms with Crippen LogP contribution in [0.25, 0.3) is 0 Å². The molecule has 0 bridgehead atoms. The Bertz CT molecular complexity index is 465. The van der Waals surface area contributed by atoms with Crippen LogP contribution in [0.3, 0.4) is 0 Å². The van der Waals surface area contributed by atoms with Gasteiger partial charge in [0.25, 0.3) is 0 Å². The van der Waals surface area contributed by atoms with Crippen LogP contribution in [0.15, 0.2) is 12.3 Å². The van der Waals surface area contributed by atoms with Crippen LogP contribution in [-0.4, -0.2) is 42.1 Å². The Morgan fingerprint density at radius 2 is 1.86 bits per heavy atom. The van der Waals surface area contributed by atoms with E-state index in [2.05, 4.69) is 14.8 Å². The molecule has 0 aromatic carbocycles. The molecule has 0 atom stereocenters. The lowest BCUT2D eigenvalue weighted by Crippen LogP contribution is -2.47. The number of hydrogen-bond donors (Lipinski definition) is 1. The van der Waals surface area contributed by atoms with Crippen LogP contribution in [0, 0.1) is 0 Å². The maximum atomic E-state index is 6.43. The van der Waals surface area contributed by atoms with Crippen LogP contribution >= 0.6 is 11.6 Å². The number of aromatic nitrogens is 1. The first-order valence-corrected chi connectivity index (χ1v) is 8.50. The lowest BCUT2D eigenvalue weighted by molar-refractivity contribution is 0.141. The van der Waals surface area contributed by atoms with Gasteiger partial charge in [-0.1, -0.05) is 18.0 Å². The van der Waals surface area contributed by atoms with Crippen molar-refractivity contribution in [3.05, 3.63) is 22.8 Å². The zero-order valence-corrected chi connectivity index (χ0v) is 13.4. The number of nitrogens with two attached hydrogens (primary N) is 1. The number of halogens is 1. The van der Waals surface area contributed by atoms with E-state index < -0.39 is 0 Å². The van der Waals surface area contributed by atoms with E-state index in [1.165, 1.54) is 45.2 Å². The smallest absolute Gasteiger partial charge is 0.147 e. The van der Waals surface area contributed by atoms with Gasteiger partial charge in [-0.15, -0.1) is 0 Å². The molecule has 0 spiro atoms. The zero-order valence-electron chi connectivity index (χ0n) is 12.6. The molecule has 21 heavy (non-hydrogen) atoms. The van der Waals surface area contributed by atoms with Gasteiger partial charge in [0.05, 0.1) is 5.02 Å². The summed E-state index contributed by atoms with van der Waals surface area (Å²) >= 11 is 6.43. The van der Waals surface area contributed by atoms with Crippen molar-refractivity contribution in [2.75, 3.05) is 31.1 Å². The van der Waals surface area contributed by atoms with Crippen molar-refractivity contribution in [3.63, 3.8) is 0 Å². The highest BCUT2D eigenvalue weighted by Gasteiger charge is 2.27. The van der Waals surface area contributed by atoms with E-state index in [9.17, 15) is 0 Å². The van der Waals surface area contributed by atoms with Crippen molar-refractivity contribution in [2.24, 2.45) is 5.73 Å². The van der Waals surface area contributed by atoms with E-state index in [4.69, 9.17) is 17.3 Å². The number of pyridine rings is 1. The number of piperidine rings is 2. The van der Waals surface area contributed by atoms with Gasteiger partial charge in [-0.2, -0.15) is 0 Å². The molecule has 4 nitrogen and oxygen atoms in total. The van der Waals surface area contributed by atoms with Crippen LogP contribution in [0.5, 0.6) is 0 Å². The molecule has 2 saturated heterocycles. The van der Waals surface area contributed by atoms with Gasteiger partial charge in [0, 0.05) is 31.9 Å². The monoisotopic (exact) mass is 308 g/mol. The highest BCUT2D eigenvalue weighted by Crippen LogP contribution is 2.30. The Balaban J connectivity index is 1.63. The normalized spacial score (nSPS) is 21.7. The quantitative estimate of drug-likeness (QED) is 0.932. The summed E-state index contributed by atoms with van der Waals surface area (Å²) in [6.45, 7) is 5.13. The van der Waals surface area contributed by atoms with Gasteiger partial charge in [-0.05, 0) is 50.4 Å². The Morgan fingerprint density at radius 3 is 2.52 bits per heavy atom. The fourth-order valence-corrected chi connectivity index (χ4v) is 3.88. The highest BCUT2D eigenvalue weighted by molar-refractivity contribution is 6.33. The van der Waals surface area contributed by atoms with Crippen molar-refractivity contribution >= 4 is 17.4 Å². The summed E-state index contributed by atoms with van der Waals surface area (Å²) in [7, 11) is 0. The van der Waals surface area contributed by atoms with E-state index in [0.717, 1.165) is 35.5 Å². The summed E-state index contributed by atoms with van der Waals surface area (Å²) in [5.74, 6) is 0.914.